The lowest BCUT2D eigenvalue weighted by atomic mass is 10.2. The lowest BCUT2D eigenvalue weighted by Gasteiger charge is -2.26. The number of aromatic nitrogens is 2. The van der Waals surface area contributed by atoms with Crippen molar-refractivity contribution in [3.8, 4) is 0 Å². The largest absolute Gasteiger partial charge is 0.468 e. The van der Waals surface area contributed by atoms with Gasteiger partial charge in [0.05, 0.1) is 12.6 Å². The quantitative estimate of drug-likeness (QED) is 0.671. The number of anilines is 1. The summed E-state index contributed by atoms with van der Waals surface area (Å²) in [4.78, 5) is 37.0. The van der Waals surface area contributed by atoms with Crippen LogP contribution in [0.25, 0.3) is 5.52 Å². The van der Waals surface area contributed by atoms with Gasteiger partial charge >= 0.3 is 12.1 Å². The highest BCUT2D eigenvalue weighted by Gasteiger charge is 2.24. The number of nitrogens with one attached hydrogen (secondary N) is 2. The molecule has 0 aliphatic heterocycles. The van der Waals surface area contributed by atoms with Crippen LogP contribution in [-0.4, -0.2) is 71.9 Å². The summed E-state index contributed by atoms with van der Waals surface area (Å²) >= 11 is 0. The number of pyridine rings is 1. The minimum absolute atomic E-state index is 0.181. The van der Waals surface area contributed by atoms with Crippen molar-refractivity contribution in [2.24, 2.45) is 0 Å². The zero-order valence-corrected chi connectivity index (χ0v) is 17.3. The Kier molecular flexibility index (Phi) is 7.03. The third-order valence-corrected chi connectivity index (χ3v) is 3.84. The Hall–Kier alpha value is -3.30. The molecule has 10 heteroatoms. The molecule has 2 aromatic heterocycles. The topological polar surface area (TPSA) is 114 Å². The van der Waals surface area contributed by atoms with E-state index in [9.17, 15) is 14.4 Å². The summed E-state index contributed by atoms with van der Waals surface area (Å²) in [5.74, 6) is -0.148. The number of hydrogen-bond acceptors (Lipinski definition) is 7. The highest BCUT2D eigenvalue weighted by molar-refractivity contribution is 5.95. The van der Waals surface area contributed by atoms with Crippen molar-refractivity contribution >= 4 is 29.3 Å². The maximum Gasteiger partial charge on any atom is 0.410 e. The van der Waals surface area contributed by atoms with Gasteiger partial charge in [0, 0.05) is 38.0 Å². The average molecular weight is 405 g/mol. The number of rotatable bonds is 7. The molecule has 2 N–H and O–H groups in total. The van der Waals surface area contributed by atoms with Gasteiger partial charge in [0.25, 0.3) is 5.91 Å². The van der Waals surface area contributed by atoms with Crippen LogP contribution in [0.15, 0.2) is 24.4 Å². The molecule has 0 aromatic carbocycles. The van der Waals surface area contributed by atoms with Gasteiger partial charge in [-0.1, -0.05) is 0 Å². The zero-order chi connectivity index (χ0) is 21.6. The van der Waals surface area contributed by atoms with Crippen molar-refractivity contribution < 1.29 is 23.9 Å². The molecule has 2 heterocycles. The van der Waals surface area contributed by atoms with Crippen LogP contribution >= 0.6 is 0 Å². The number of methoxy groups -OCH3 is 1. The first-order valence-electron chi connectivity index (χ1n) is 9.13. The van der Waals surface area contributed by atoms with Crippen LogP contribution in [0.3, 0.4) is 0 Å². The van der Waals surface area contributed by atoms with E-state index in [1.807, 2.05) is 0 Å². The van der Waals surface area contributed by atoms with Crippen molar-refractivity contribution in [1.82, 2.24) is 19.8 Å². The third kappa shape index (κ3) is 6.37. The first-order valence-corrected chi connectivity index (χ1v) is 9.13. The molecule has 0 saturated carbocycles. The fourth-order valence-corrected chi connectivity index (χ4v) is 2.47. The molecule has 0 bridgehead atoms. The molecule has 0 unspecified atom stereocenters. The summed E-state index contributed by atoms with van der Waals surface area (Å²) in [6.45, 7) is 5.59. The van der Waals surface area contributed by atoms with Crippen molar-refractivity contribution in [3.05, 3.63) is 30.0 Å². The van der Waals surface area contributed by atoms with Crippen LogP contribution in [0, 0.1) is 0 Å². The molecule has 0 radical (unpaired) electrons. The lowest BCUT2D eigenvalue weighted by molar-refractivity contribution is -0.141. The molecule has 29 heavy (non-hydrogen) atoms. The number of carbonyl (C=O) groups excluding carboxylic acids is 3. The summed E-state index contributed by atoms with van der Waals surface area (Å²) in [6.07, 6.45) is 1.09. The molecule has 0 atom stereocenters. The van der Waals surface area contributed by atoms with Crippen LogP contribution < -0.4 is 10.6 Å². The van der Waals surface area contributed by atoms with Crippen LogP contribution in [0.1, 0.15) is 31.1 Å². The first-order chi connectivity index (χ1) is 13.6. The minimum Gasteiger partial charge on any atom is -0.468 e. The number of carbonyl (C=O) groups is 3. The number of esters is 1. The van der Waals surface area contributed by atoms with Gasteiger partial charge in [0.2, 0.25) is 0 Å². The van der Waals surface area contributed by atoms with Gasteiger partial charge in [-0.05, 0) is 32.9 Å². The molecule has 0 spiro atoms. The molecule has 0 aliphatic carbocycles. The monoisotopic (exact) mass is 405 g/mol. The first kappa shape index (κ1) is 22.0. The predicted molar refractivity (Wildman–Crippen MR) is 107 cm³/mol. The second-order valence-electron chi connectivity index (χ2n) is 7.30. The Labute approximate surface area is 169 Å². The Morgan fingerprint density at radius 3 is 2.59 bits per heavy atom. The smallest absolute Gasteiger partial charge is 0.410 e. The van der Waals surface area contributed by atoms with E-state index in [4.69, 9.17) is 4.74 Å². The Bertz CT molecular complexity index is 887. The molecule has 0 aliphatic rings. The number of amides is 2. The van der Waals surface area contributed by atoms with E-state index in [1.165, 1.54) is 12.0 Å². The van der Waals surface area contributed by atoms with E-state index in [0.717, 1.165) is 5.52 Å². The summed E-state index contributed by atoms with van der Waals surface area (Å²) < 4.78 is 11.6. The number of fused-ring (bicyclic) bond motifs is 1. The summed E-state index contributed by atoms with van der Waals surface area (Å²) in [5.41, 5.74) is 0.593. The maximum absolute atomic E-state index is 12.3. The van der Waals surface area contributed by atoms with Gasteiger partial charge in [-0.25, -0.2) is 9.31 Å². The molecular formula is C19H27N5O5. The van der Waals surface area contributed by atoms with Crippen LogP contribution in [0.2, 0.25) is 0 Å². The van der Waals surface area contributed by atoms with E-state index in [2.05, 4.69) is 20.5 Å². The highest BCUT2D eigenvalue weighted by atomic mass is 16.6. The van der Waals surface area contributed by atoms with E-state index in [1.54, 1.807) is 56.7 Å². The number of hydrogen-bond donors (Lipinski definition) is 2. The molecule has 0 fully saturated rings. The second kappa shape index (κ2) is 9.26. The molecule has 158 valence electrons. The Morgan fingerprint density at radius 2 is 1.97 bits per heavy atom. The van der Waals surface area contributed by atoms with Crippen LogP contribution in [0.4, 0.5) is 10.6 Å². The van der Waals surface area contributed by atoms with E-state index >= 15 is 0 Å². The van der Waals surface area contributed by atoms with Gasteiger partial charge in [-0.15, -0.1) is 0 Å². The SMILES string of the molecule is CNC(=O)c1ccn2nc(NCCN(CC(=O)OC)C(=O)OC(C)(C)C)cc2c1. The lowest BCUT2D eigenvalue weighted by Crippen LogP contribution is -2.42. The standard InChI is InChI=1S/C19H27N5O5/c1-19(2,3)29-18(27)23(12-16(25)28-5)9-7-21-15-11-14-10-13(17(26)20-4)6-8-24(14)22-15/h6,8,10-11H,7,9,12H2,1-5H3,(H,20,26)(H,21,22). The molecule has 2 rings (SSSR count). The van der Waals surface area contributed by atoms with E-state index < -0.39 is 17.7 Å². The van der Waals surface area contributed by atoms with Gasteiger partial charge in [0.1, 0.15) is 18.0 Å². The molecular weight excluding hydrogens is 378 g/mol. The van der Waals surface area contributed by atoms with E-state index in [0.29, 0.717) is 17.9 Å². The fourth-order valence-electron chi connectivity index (χ4n) is 2.47. The minimum atomic E-state index is -0.678. The zero-order valence-electron chi connectivity index (χ0n) is 17.3. The fraction of sp³-hybridized carbons (Fsp3) is 0.474. The van der Waals surface area contributed by atoms with Gasteiger partial charge in [0.15, 0.2) is 0 Å². The number of ether oxygens (including phenoxy) is 2. The normalized spacial score (nSPS) is 11.1. The molecule has 0 saturated heterocycles. The van der Waals surface area contributed by atoms with Crippen molar-refractivity contribution in [2.45, 2.75) is 26.4 Å². The van der Waals surface area contributed by atoms with Crippen molar-refractivity contribution in [3.63, 3.8) is 0 Å². The van der Waals surface area contributed by atoms with Crippen LogP contribution in [-0.2, 0) is 14.3 Å². The van der Waals surface area contributed by atoms with Crippen molar-refractivity contribution in [2.75, 3.05) is 39.1 Å². The van der Waals surface area contributed by atoms with Gasteiger partial charge in [-0.2, -0.15) is 5.10 Å². The Morgan fingerprint density at radius 1 is 1.24 bits per heavy atom. The summed E-state index contributed by atoms with van der Waals surface area (Å²) in [5, 5.41) is 10.0. The Balaban J connectivity index is 2.02. The van der Waals surface area contributed by atoms with Crippen LogP contribution in [0.5, 0.6) is 0 Å². The molecule has 10 nitrogen and oxygen atoms in total. The van der Waals surface area contributed by atoms with Crippen molar-refractivity contribution in [1.29, 1.82) is 0 Å². The van der Waals surface area contributed by atoms with E-state index in [-0.39, 0.29) is 19.0 Å². The molecule has 2 amide bonds. The predicted octanol–water partition coefficient (Wildman–Crippen LogP) is 1.52. The summed E-state index contributed by atoms with van der Waals surface area (Å²) in [7, 11) is 2.83. The maximum atomic E-state index is 12.3. The highest BCUT2D eigenvalue weighted by Crippen LogP contribution is 2.13. The number of nitrogens with zero attached hydrogens (tertiary/aromatic N) is 3. The second-order valence-corrected chi connectivity index (χ2v) is 7.30. The third-order valence-electron chi connectivity index (χ3n) is 3.84. The van der Waals surface area contributed by atoms with Gasteiger partial charge < -0.3 is 20.1 Å². The average Bonchev–Trinajstić information content (AvgIpc) is 3.06. The molecule has 2 aromatic rings. The van der Waals surface area contributed by atoms with Gasteiger partial charge in [-0.3, -0.25) is 14.5 Å². The summed E-state index contributed by atoms with van der Waals surface area (Å²) in [6, 6.07) is 5.18.